The van der Waals surface area contributed by atoms with Gasteiger partial charge in [0.1, 0.15) is 6.29 Å². The molecule has 0 N–H and O–H groups in total. The summed E-state index contributed by atoms with van der Waals surface area (Å²) in [6, 6.07) is 0. The summed E-state index contributed by atoms with van der Waals surface area (Å²) in [6.07, 6.45) is 1.02. The van der Waals surface area contributed by atoms with Crippen LogP contribution >= 0.6 is 0 Å². The molecule has 0 fully saturated rings. The lowest BCUT2D eigenvalue weighted by atomic mass is 9.93. The second kappa shape index (κ2) is 5.73. The van der Waals surface area contributed by atoms with Gasteiger partial charge in [-0.05, 0) is 35.8 Å². The molecule has 0 aliphatic heterocycles. The van der Waals surface area contributed by atoms with Crippen molar-refractivity contribution in [3.05, 3.63) is 22.5 Å². The predicted molar refractivity (Wildman–Crippen MR) is 77.5 cm³/mol. The summed E-state index contributed by atoms with van der Waals surface area (Å²) < 4.78 is 2.24. The summed E-state index contributed by atoms with van der Waals surface area (Å²) in [5.74, 6) is 1.41. The van der Waals surface area contributed by atoms with Crippen LogP contribution in [-0.2, 0) is 11.3 Å². The predicted octanol–water partition coefficient (Wildman–Crippen LogP) is 4.37. The van der Waals surface area contributed by atoms with Crippen molar-refractivity contribution in [3.8, 4) is 0 Å². The van der Waals surface area contributed by atoms with Gasteiger partial charge in [-0.2, -0.15) is 0 Å². The van der Waals surface area contributed by atoms with Crippen molar-refractivity contribution in [2.75, 3.05) is 0 Å². The Morgan fingerprint density at radius 2 is 1.44 bits per heavy atom. The maximum Gasteiger partial charge on any atom is 0.139 e. The van der Waals surface area contributed by atoms with E-state index >= 15 is 0 Å². The highest BCUT2D eigenvalue weighted by Gasteiger charge is 2.24. The van der Waals surface area contributed by atoms with Gasteiger partial charge in [-0.3, -0.25) is 0 Å². The monoisotopic (exact) mass is 249 g/mol. The van der Waals surface area contributed by atoms with Gasteiger partial charge in [-0.15, -0.1) is 0 Å². The van der Waals surface area contributed by atoms with E-state index in [2.05, 4.69) is 53.0 Å². The van der Waals surface area contributed by atoms with Gasteiger partial charge in [0.05, 0.1) is 6.54 Å². The van der Waals surface area contributed by atoms with Crippen molar-refractivity contribution in [1.29, 1.82) is 0 Å². The van der Waals surface area contributed by atoms with Crippen LogP contribution in [0.1, 0.15) is 81.8 Å². The highest BCUT2D eigenvalue weighted by molar-refractivity contribution is 5.52. The minimum Gasteiger partial charge on any atom is -0.340 e. The highest BCUT2D eigenvalue weighted by atomic mass is 16.1. The van der Waals surface area contributed by atoms with E-state index in [9.17, 15) is 4.79 Å². The summed E-state index contributed by atoms with van der Waals surface area (Å²) in [7, 11) is 0. The van der Waals surface area contributed by atoms with Gasteiger partial charge < -0.3 is 9.36 Å². The first kappa shape index (κ1) is 15.0. The first-order chi connectivity index (χ1) is 8.32. The van der Waals surface area contributed by atoms with Gasteiger partial charge >= 0.3 is 0 Å². The van der Waals surface area contributed by atoms with Crippen molar-refractivity contribution < 1.29 is 4.79 Å². The number of hydrogen-bond acceptors (Lipinski definition) is 1. The fraction of sp³-hybridized carbons (Fsp3) is 0.688. The van der Waals surface area contributed by atoms with Crippen molar-refractivity contribution in [2.45, 2.75) is 72.8 Å². The van der Waals surface area contributed by atoms with Crippen LogP contribution in [0.4, 0.5) is 0 Å². The standard InChI is InChI=1S/C16H27NO/c1-10(2)14-13(7)15(11(3)4)17(8-9-18)16(14)12(5)6/h9-12H,8H2,1-7H3. The largest absolute Gasteiger partial charge is 0.340 e. The molecule has 0 atom stereocenters. The van der Waals surface area contributed by atoms with Crippen LogP contribution in [0, 0.1) is 6.92 Å². The molecule has 1 rings (SSSR count). The number of carbonyl (C=O) groups is 1. The van der Waals surface area contributed by atoms with E-state index in [-0.39, 0.29) is 0 Å². The van der Waals surface area contributed by atoms with Gasteiger partial charge in [-0.1, -0.05) is 41.5 Å². The Hall–Kier alpha value is -1.05. The molecule has 18 heavy (non-hydrogen) atoms. The number of rotatable bonds is 5. The lowest BCUT2D eigenvalue weighted by Crippen LogP contribution is -2.11. The molecular formula is C16H27NO. The van der Waals surface area contributed by atoms with Gasteiger partial charge in [0.15, 0.2) is 0 Å². The molecule has 1 aromatic heterocycles. The molecule has 0 amide bonds. The molecule has 2 nitrogen and oxygen atoms in total. The lowest BCUT2D eigenvalue weighted by molar-refractivity contribution is -0.108. The van der Waals surface area contributed by atoms with Crippen LogP contribution in [0.3, 0.4) is 0 Å². The zero-order valence-electron chi connectivity index (χ0n) is 12.9. The Morgan fingerprint density at radius 1 is 0.944 bits per heavy atom. The molecule has 1 heterocycles. The second-order valence-corrected chi connectivity index (χ2v) is 6.05. The maximum atomic E-state index is 11.0. The van der Waals surface area contributed by atoms with Crippen LogP contribution in [0.25, 0.3) is 0 Å². The maximum absolute atomic E-state index is 11.0. The topological polar surface area (TPSA) is 22.0 Å². The molecule has 1 aromatic rings. The van der Waals surface area contributed by atoms with Crippen molar-refractivity contribution in [3.63, 3.8) is 0 Å². The van der Waals surface area contributed by atoms with Crippen LogP contribution in [-0.4, -0.2) is 10.9 Å². The number of nitrogens with zero attached hydrogens (tertiary/aromatic N) is 1. The van der Waals surface area contributed by atoms with Gasteiger partial charge in [0.2, 0.25) is 0 Å². The normalized spacial score (nSPS) is 11.9. The van der Waals surface area contributed by atoms with Gasteiger partial charge in [0.25, 0.3) is 0 Å². The number of carbonyl (C=O) groups excluding carboxylic acids is 1. The Kier molecular flexibility index (Phi) is 4.78. The first-order valence-electron chi connectivity index (χ1n) is 6.99. The number of hydrogen-bond donors (Lipinski definition) is 0. The van der Waals surface area contributed by atoms with E-state index in [1.165, 1.54) is 22.5 Å². The first-order valence-corrected chi connectivity index (χ1v) is 6.99. The lowest BCUT2D eigenvalue weighted by Gasteiger charge is -2.17. The van der Waals surface area contributed by atoms with Crippen LogP contribution < -0.4 is 0 Å². The molecule has 0 aliphatic carbocycles. The molecule has 0 spiro atoms. The molecule has 102 valence electrons. The third-order valence-electron chi connectivity index (χ3n) is 3.57. The molecule has 0 aliphatic rings. The summed E-state index contributed by atoms with van der Waals surface area (Å²) >= 11 is 0. The van der Waals surface area contributed by atoms with Crippen molar-refractivity contribution in [1.82, 2.24) is 4.57 Å². The zero-order valence-corrected chi connectivity index (χ0v) is 12.9. The quantitative estimate of drug-likeness (QED) is 0.710. The molecule has 0 aromatic carbocycles. The van der Waals surface area contributed by atoms with Gasteiger partial charge in [-0.25, -0.2) is 0 Å². The Balaban J connectivity index is 3.62. The second-order valence-electron chi connectivity index (χ2n) is 6.05. The number of aromatic nitrogens is 1. The smallest absolute Gasteiger partial charge is 0.139 e. The SMILES string of the molecule is Cc1c(C(C)C)c(C(C)C)n(CC=O)c1C(C)C. The molecule has 0 unspecified atom stereocenters. The van der Waals surface area contributed by atoms with E-state index in [0.717, 1.165) is 6.29 Å². The molecule has 0 radical (unpaired) electrons. The minimum atomic E-state index is 0.452. The Labute approximate surface area is 111 Å². The van der Waals surface area contributed by atoms with Crippen molar-refractivity contribution >= 4 is 6.29 Å². The van der Waals surface area contributed by atoms with Crippen LogP contribution in [0.2, 0.25) is 0 Å². The van der Waals surface area contributed by atoms with Crippen molar-refractivity contribution in [2.24, 2.45) is 0 Å². The van der Waals surface area contributed by atoms with Gasteiger partial charge in [0, 0.05) is 11.4 Å². The molecule has 0 bridgehead atoms. The van der Waals surface area contributed by atoms with Crippen LogP contribution in [0.5, 0.6) is 0 Å². The Morgan fingerprint density at radius 3 is 1.78 bits per heavy atom. The molecular weight excluding hydrogens is 222 g/mol. The van der Waals surface area contributed by atoms with E-state index in [1.807, 2.05) is 0 Å². The number of aldehydes is 1. The summed E-state index contributed by atoms with van der Waals surface area (Å²) in [4.78, 5) is 11.0. The van der Waals surface area contributed by atoms with Crippen LogP contribution in [0.15, 0.2) is 0 Å². The molecule has 2 heteroatoms. The molecule has 0 saturated heterocycles. The summed E-state index contributed by atoms with van der Waals surface area (Å²) in [5, 5.41) is 0. The van der Waals surface area contributed by atoms with E-state index in [4.69, 9.17) is 0 Å². The fourth-order valence-electron chi connectivity index (χ4n) is 3.18. The average molecular weight is 249 g/mol. The Bertz CT molecular complexity index is 425. The van der Waals surface area contributed by atoms with E-state index in [1.54, 1.807) is 0 Å². The third kappa shape index (κ3) is 2.52. The summed E-state index contributed by atoms with van der Waals surface area (Å²) in [5.41, 5.74) is 5.49. The average Bonchev–Trinajstić information content (AvgIpc) is 2.51. The highest BCUT2D eigenvalue weighted by Crippen LogP contribution is 2.36. The minimum absolute atomic E-state index is 0.452. The zero-order chi connectivity index (χ0) is 14.0. The molecule has 0 saturated carbocycles. The van der Waals surface area contributed by atoms with E-state index < -0.39 is 0 Å². The van der Waals surface area contributed by atoms with E-state index in [0.29, 0.717) is 24.3 Å². The third-order valence-corrected chi connectivity index (χ3v) is 3.57. The summed E-state index contributed by atoms with van der Waals surface area (Å²) in [6.45, 7) is 16.0. The fourth-order valence-corrected chi connectivity index (χ4v) is 3.18.